The third-order valence-corrected chi connectivity index (χ3v) is 3.60. The van der Waals surface area contributed by atoms with Crippen molar-refractivity contribution >= 4 is 16.5 Å². The predicted octanol–water partition coefficient (Wildman–Crippen LogP) is 3.13. The van der Waals surface area contributed by atoms with Crippen LogP contribution in [0.4, 0.5) is 5.13 Å². The number of hydrogen-bond donors (Lipinski definition) is 1. The Labute approximate surface area is 100 Å². The summed E-state index contributed by atoms with van der Waals surface area (Å²) in [6.07, 6.45) is 3.97. The van der Waals surface area contributed by atoms with Gasteiger partial charge in [0.05, 0.1) is 0 Å². The van der Waals surface area contributed by atoms with Gasteiger partial charge >= 0.3 is 0 Å². The first kappa shape index (κ1) is 11.1. The van der Waals surface area contributed by atoms with Crippen LogP contribution in [0.2, 0.25) is 0 Å². The molecule has 2 aromatic rings. The number of rotatable bonds is 3. The number of aryl methyl sites for hydroxylation is 4. The lowest BCUT2D eigenvalue weighted by atomic mass is 10.0. The fourth-order valence-corrected chi connectivity index (χ4v) is 2.45. The molecule has 84 valence electrons. The number of benzene rings is 1. The molecule has 1 aromatic carbocycles. The molecule has 0 fully saturated rings. The lowest BCUT2D eigenvalue weighted by Gasteiger charge is -2.05. The van der Waals surface area contributed by atoms with Gasteiger partial charge in [-0.1, -0.05) is 23.8 Å². The molecule has 0 unspecified atom stereocenters. The number of aromatic nitrogens is 1. The topological polar surface area (TPSA) is 38.9 Å². The smallest absolute Gasteiger partial charge is 0.180 e. The van der Waals surface area contributed by atoms with Crippen LogP contribution in [0, 0.1) is 13.8 Å². The Morgan fingerprint density at radius 1 is 1.25 bits per heavy atom. The maximum atomic E-state index is 5.61. The van der Waals surface area contributed by atoms with Crippen molar-refractivity contribution in [2.75, 3.05) is 5.73 Å². The van der Waals surface area contributed by atoms with E-state index in [4.69, 9.17) is 5.73 Å². The molecule has 0 saturated carbocycles. The first-order valence-corrected chi connectivity index (χ1v) is 6.23. The first-order chi connectivity index (χ1) is 7.65. The third-order valence-electron chi connectivity index (χ3n) is 2.72. The largest absolute Gasteiger partial charge is 0.375 e. The monoisotopic (exact) mass is 232 g/mol. The minimum atomic E-state index is 0.663. The normalized spacial score (nSPS) is 10.6. The number of thiazole rings is 1. The molecule has 2 N–H and O–H groups in total. The van der Waals surface area contributed by atoms with Crippen LogP contribution in [0.15, 0.2) is 24.4 Å². The summed E-state index contributed by atoms with van der Waals surface area (Å²) in [6, 6.07) is 6.61. The third kappa shape index (κ3) is 2.61. The summed E-state index contributed by atoms with van der Waals surface area (Å²) >= 11 is 1.58. The van der Waals surface area contributed by atoms with Crippen molar-refractivity contribution in [3.8, 4) is 0 Å². The Bertz CT molecular complexity index is 488. The quantitative estimate of drug-likeness (QED) is 0.883. The van der Waals surface area contributed by atoms with E-state index in [0.717, 1.165) is 12.8 Å². The van der Waals surface area contributed by atoms with E-state index in [1.54, 1.807) is 11.3 Å². The maximum Gasteiger partial charge on any atom is 0.180 e. The molecular formula is C13H16N2S. The van der Waals surface area contributed by atoms with Gasteiger partial charge in [-0.25, -0.2) is 4.98 Å². The highest BCUT2D eigenvalue weighted by molar-refractivity contribution is 7.15. The Morgan fingerprint density at radius 2 is 2.06 bits per heavy atom. The second-order valence-electron chi connectivity index (χ2n) is 4.09. The highest BCUT2D eigenvalue weighted by atomic mass is 32.1. The highest BCUT2D eigenvalue weighted by Gasteiger charge is 2.02. The van der Waals surface area contributed by atoms with E-state index >= 15 is 0 Å². The van der Waals surface area contributed by atoms with Crippen LogP contribution < -0.4 is 5.73 Å². The summed E-state index contributed by atoms with van der Waals surface area (Å²) in [5.74, 6) is 0. The van der Waals surface area contributed by atoms with Gasteiger partial charge in [0, 0.05) is 11.1 Å². The zero-order valence-electron chi connectivity index (χ0n) is 9.66. The van der Waals surface area contributed by atoms with Crippen molar-refractivity contribution in [2.45, 2.75) is 26.7 Å². The molecule has 2 nitrogen and oxygen atoms in total. The van der Waals surface area contributed by atoms with Crippen molar-refractivity contribution in [2.24, 2.45) is 0 Å². The van der Waals surface area contributed by atoms with E-state index in [1.807, 2.05) is 6.20 Å². The summed E-state index contributed by atoms with van der Waals surface area (Å²) in [7, 11) is 0. The van der Waals surface area contributed by atoms with Crippen LogP contribution in [0.1, 0.15) is 21.6 Å². The van der Waals surface area contributed by atoms with E-state index in [0.29, 0.717) is 5.13 Å². The van der Waals surface area contributed by atoms with Crippen LogP contribution in [-0.4, -0.2) is 4.98 Å². The predicted molar refractivity (Wildman–Crippen MR) is 69.9 cm³/mol. The van der Waals surface area contributed by atoms with Crippen molar-refractivity contribution in [3.63, 3.8) is 0 Å². The van der Waals surface area contributed by atoms with E-state index in [2.05, 4.69) is 37.0 Å². The molecule has 0 aliphatic heterocycles. The zero-order chi connectivity index (χ0) is 11.5. The van der Waals surface area contributed by atoms with Crippen molar-refractivity contribution in [1.29, 1.82) is 0 Å². The molecule has 3 heteroatoms. The first-order valence-electron chi connectivity index (χ1n) is 5.41. The van der Waals surface area contributed by atoms with Crippen molar-refractivity contribution in [3.05, 3.63) is 46.0 Å². The molecule has 0 spiro atoms. The van der Waals surface area contributed by atoms with Gasteiger partial charge in [0.25, 0.3) is 0 Å². The van der Waals surface area contributed by atoms with Gasteiger partial charge in [-0.05, 0) is 37.8 Å². The van der Waals surface area contributed by atoms with Crippen LogP contribution in [0.3, 0.4) is 0 Å². The molecule has 0 radical (unpaired) electrons. The molecule has 2 rings (SSSR count). The lowest BCUT2D eigenvalue weighted by Crippen LogP contribution is -1.93. The SMILES string of the molecule is Cc1ccc(C)c(CCc2cnc(N)s2)c1. The standard InChI is InChI=1S/C13H16N2S/c1-9-3-4-10(2)11(7-9)5-6-12-8-15-13(14)16-12/h3-4,7-8H,5-6H2,1-2H3,(H2,14,15). The fourth-order valence-electron chi connectivity index (χ4n) is 1.77. The molecule has 1 heterocycles. The highest BCUT2D eigenvalue weighted by Crippen LogP contribution is 2.18. The zero-order valence-corrected chi connectivity index (χ0v) is 10.5. The Kier molecular flexibility index (Phi) is 3.25. The molecule has 16 heavy (non-hydrogen) atoms. The van der Waals surface area contributed by atoms with Gasteiger partial charge < -0.3 is 5.73 Å². The number of hydrogen-bond acceptors (Lipinski definition) is 3. The number of nitrogens with zero attached hydrogens (tertiary/aromatic N) is 1. The number of nitrogens with two attached hydrogens (primary N) is 1. The average molecular weight is 232 g/mol. The lowest BCUT2D eigenvalue weighted by molar-refractivity contribution is 0.961. The number of anilines is 1. The minimum absolute atomic E-state index is 0.663. The molecule has 0 saturated heterocycles. The second-order valence-corrected chi connectivity index (χ2v) is 5.24. The van der Waals surface area contributed by atoms with Crippen LogP contribution in [0.25, 0.3) is 0 Å². The van der Waals surface area contributed by atoms with Gasteiger partial charge in [0.1, 0.15) is 0 Å². The van der Waals surface area contributed by atoms with Gasteiger partial charge in [-0.2, -0.15) is 0 Å². The molecule has 0 atom stereocenters. The average Bonchev–Trinajstić information content (AvgIpc) is 2.66. The van der Waals surface area contributed by atoms with E-state index in [-0.39, 0.29) is 0 Å². The van der Waals surface area contributed by atoms with E-state index in [1.165, 1.54) is 21.6 Å². The van der Waals surface area contributed by atoms with Crippen molar-refractivity contribution in [1.82, 2.24) is 4.98 Å². The van der Waals surface area contributed by atoms with E-state index < -0.39 is 0 Å². The second kappa shape index (κ2) is 4.66. The minimum Gasteiger partial charge on any atom is -0.375 e. The molecule has 0 bridgehead atoms. The maximum absolute atomic E-state index is 5.61. The number of nitrogen functional groups attached to an aromatic ring is 1. The Hall–Kier alpha value is -1.35. The van der Waals surface area contributed by atoms with Gasteiger partial charge in [0.2, 0.25) is 0 Å². The summed E-state index contributed by atoms with van der Waals surface area (Å²) in [5.41, 5.74) is 9.72. The fraction of sp³-hybridized carbons (Fsp3) is 0.308. The van der Waals surface area contributed by atoms with Gasteiger partial charge in [0.15, 0.2) is 5.13 Å². The summed E-state index contributed by atoms with van der Waals surface area (Å²) < 4.78 is 0. The molecule has 0 aliphatic carbocycles. The summed E-state index contributed by atoms with van der Waals surface area (Å²) in [5, 5.41) is 0.663. The van der Waals surface area contributed by atoms with Crippen molar-refractivity contribution < 1.29 is 0 Å². The van der Waals surface area contributed by atoms with Crippen LogP contribution in [-0.2, 0) is 12.8 Å². The Balaban J connectivity index is 2.07. The van der Waals surface area contributed by atoms with E-state index in [9.17, 15) is 0 Å². The molecule has 1 aromatic heterocycles. The molecule has 0 amide bonds. The Morgan fingerprint density at radius 3 is 2.75 bits per heavy atom. The van der Waals surface area contributed by atoms with Crippen LogP contribution in [0.5, 0.6) is 0 Å². The van der Waals surface area contributed by atoms with Gasteiger partial charge in [-0.3, -0.25) is 0 Å². The molecule has 0 aliphatic rings. The van der Waals surface area contributed by atoms with Crippen LogP contribution >= 0.6 is 11.3 Å². The summed E-state index contributed by atoms with van der Waals surface area (Å²) in [4.78, 5) is 5.33. The molecular weight excluding hydrogens is 216 g/mol. The van der Waals surface area contributed by atoms with Gasteiger partial charge in [-0.15, -0.1) is 11.3 Å². The summed E-state index contributed by atoms with van der Waals surface area (Å²) in [6.45, 7) is 4.30.